The maximum atomic E-state index is 4.55. The third kappa shape index (κ3) is 2.91. The summed E-state index contributed by atoms with van der Waals surface area (Å²) in [5.41, 5.74) is 2.28. The van der Waals surface area contributed by atoms with Gasteiger partial charge in [-0.25, -0.2) is 9.67 Å². The fraction of sp³-hybridized carbons (Fsp3) is 0.385. The third-order valence-electron chi connectivity index (χ3n) is 2.62. The molecule has 17 heavy (non-hydrogen) atoms. The first-order chi connectivity index (χ1) is 8.16. The van der Waals surface area contributed by atoms with Gasteiger partial charge in [0.2, 0.25) is 0 Å². The first kappa shape index (κ1) is 11.8. The van der Waals surface area contributed by atoms with E-state index in [9.17, 15) is 0 Å². The molecule has 0 amide bonds. The van der Waals surface area contributed by atoms with Crippen molar-refractivity contribution in [2.24, 2.45) is 0 Å². The second-order valence-corrected chi connectivity index (χ2v) is 4.40. The Hall–Kier alpha value is -1.68. The van der Waals surface area contributed by atoms with Crippen LogP contribution < -0.4 is 5.32 Å². The fourth-order valence-electron chi connectivity index (χ4n) is 1.61. The molecule has 0 aliphatic heterocycles. The predicted octanol–water partition coefficient (Wildman–Crippen LogP) is 2.07. The lowest BCUT2D eigenvalue weighted by Gasteiger charge is -2.11. The van der Waals surface area contributed by atoms with Crippen molar-refractivity contribution in [3.63, 3.8) is 0 Å². The van der Waals surface area contributed by atoms with E-state index in [2.05, 4.69) is 35.3 Å². The molecular formula is C13H18N4. The summed E-state index contributed by atoms with van der Waals surface area (Å²) < 4.78 is 1.77. The van der Waals surface area contributed by atoms with Gasteiger partial charge in [0.15, 0.2) is 5.82 Å². The molecule has 0 spiro atoms. The molecule has 0 aliphatic rings. The van der Waals surface area contributed by atoms with Crippen molar-refractivity contribution >= 4 is 0 Å². The number of aryl methyl sites for hydroxylation is 1. The second-order valence-electron chi connectivity index (χ2n) is 4.40. The highest BCUT2D eigenvalue weighted by Gasteiger charge is 2.04. The standard InChI is InChI=1S/C13H18N4/c1-10(2)14-9-12-5-6-13(16-11(12)3)17-8-4-7-15-17/h4-8,10,14H,9H2,1-3H3. The number of nitrogens with zero attached hydrogens (tertiary/aromatic N) is 3. The first-order valence-electron chi connectivity index (χ1n) is 5.87. The Morgan fingerprint density at radius 3 is 2.76 bits per heavy atom. The second kappa shape index (κ2) is 5.10. The van der Waals surface area contributed by atoms with Crippen LogP contribution in [0.1, 0.15) is 25.1 Å². The zero-order valence-electron chi connectivity index (χ0n) is 10.5. The van der Waals surface area contributed by atoms with Crippen LogP contribution in [0.25, 0.3) is 5.82 Å². The molecule has 90 valence electrons. The lowest BCUT2D eigenvalue weighted by Crippen LogP contribution is -2.22. The summed E-state index contributed by atoms with van der Waals surface area (Å²) in [6.45, 7) is 7.17. The smallest absolute Gasteiger partial charge is 0.153 e. The van der Waals surface area contributed by atoms with Gasteiger partial charge in [-0.1, -0.05) is 19.9 Å². The van der Waals surface area contributed by atoms with Crippen molar-refractivity contribution in [1.82, 2.24) is 20.1 Å². The highest BCUT2D eigenvalue weighted by atomic mass is 15.3. The fourth-order valence-corrected chi connectivity index (χ4v) is 1.61. The van der Waals surface area contributed by atoms with Gasteiger partial charge in [-0.15, -0.1) is 0 Å². The molecule has 0 aliphatic carbocycles. The Kier molecular flexibility index (Phi) is 3.54. The first-order valence-corrected chi connectivity index (χ1v) is 5.87. The van der Waals surface area contributed by atoms with Gasteiger partial charge >= 0.3 is 0 Å². The number of rotatable bonds is 4. The SMILES string of the molecule is Cc1nc(-n2cccn2)ccc1CNC(C)C. The monoisotopic (exact) mass is 230 g/mol. The van der Waals surface area contributed by atoms with E-state index in [1.807, 2.05) is 25.3 Å². The molecule has 2 aromatic heterocycles. The molecule has 0 saturated heterocycles. The van der Waals surface area contributed by atoms with Crippen LogP contribution in [-0.4, -0.2) is 20.8 Å². The molecule has 0 fully saturated rings. The van der Waals surface area contributed by atoms with Crippen molar-refractivity contribution in [1.29, 1.82) is 0 Å². The third-order valence-corrected chi connectivity index (χ3v) is 2.62. The van der Waals surface area contributed by atoms with Crippen molar-refractivity contribution in [2.75, 3.05) is 0 Å². The van der Waals surface area contributed by atoms with E-state index < -0.39 is 0 Å². The average molecular weight is 230 g/mol. The van der Waals surface area contributed by atoms with Gasteiger partial charge in [0.05, 0.1) is 0 Å². The Morgan fingerprint density at radius 2 is 2.18 bits per heavy atom. The Bertz CT molecular complexity index is 474. The highest BCUT2D eigenvalue weighted by molar-refractivity contribution is 5.29. The minimum absolute atomic E-state index is 0.486. The lowest BCUT2D eigenvalue weighted by molar-refractivity contribution is 0.586. The van der Waals surface area contributed by atoms with Gasteiger partial charge in [-0.05, 0) is 24.6 Å². The summed E-state index contributed by atoms with van der Waals surface area (Å²) in [5, 5.41) is 7.56. The molecule has 0 atom stereocenters. The van der Waals surface area contributed by atoms with Crippen molar-refractivity contribution in [3.05, 3.63) is 41.9 Å². The van der Waals surface area contributed by atoms with Crippen molar-refractivity contribution in [2.45, 2.75) is 33.4 Å². The minimum Gasteiger partial charge on any atom is -0.310 e. The molecule has 2 heterocycles. The molecule has 0 unspecified atom stereocenters. The normalized spacial score (nSPS) is 11.1. The van der Waals surface area contributed by atoms with E-state index in [1.54, 1.807) is 10.9 Å². The maximum Gasteiger partial charge on any atom is 0.153 e. The van der Waals surface area contributed by atoms with Crippen LogP contribution in [0.15, 0.2) is 30.6 Å². The molecule has 0 bridgehead atoms. The van der Waals surface area contributed by atoms with Crippen LogP contribution in [0.2, 0.25) is 0 Å². The average Bonchev–Trinajstić information content (AvgIpc) is 2.80. The summed E-state index contributed by atoms with van der Waals surface area (Å²) in [5.74, 6) is 0.862. The van der Waals surface area contributed by atoms with Crippen molar-refractivity contribution in [3.8, 4) is 5.82 Å². The number of pyridine rings is 1. The molecule has 4 heteroatoms. The summed E-state index contributed by atoms with van der Waals surface area (Å²) in [6.07, 6.45) is 3.65. The lowest BCUT2D eigenvalue weighted by atomic mass is 10.2. The minimum atomic E-state index is 0.486. The summed E-state index contributed by atoms with van der Waals surface area (Å²) in [4.78, 5) is 4.55. The number of hydrogen-bond acceptors (Lipinski definition) is 3. The highest BCUT2D eigenvalue weighted by Crippen LogP contribution is 2.09. The molecule has 2 aromatic rings. The van der Waals surface area contributed by atoms with Crippen LogP contribution in [-0.2, 0) is 6.54 Å². The Balaban J connectivity index is 2.17. The van der Waals surface area contributed by atoms with Crippen molar-refractivity contribution < 1.29 is 0 Å². The molecule has 1 N–H and O–H groups in total. The van der Waals surface area contributed by atoms with Crippen LogP contribution in [0, 0.1) is 6.92 Å². The predicted molar refractivity (Wildman–Crippen MR) is 68.1 cm³/mol. The topological polar surface area (TPSA) is 42.7 Å². The summed E-state index contributed by atoms with van der Waals surface area (Å²) in [7, 11) is 0. The largest absolute Gasteiger partial charge is 0.310 e. The van der Waals surface area contributed by atoms with Crippen LogP contribution in [0.5, 0.6) is 0 Å². The van der Waals surface area contributed by atoms with Gasteiger partial charge in [-0.3, -0.25) is 0 Å². The molecule has 0 aromatic carbocycles. The molecule has 0 saturated carbocycles. The summed E-state index contributed by atoms with van der Waals surface area (Å²) in [6, 6.07) is 6.48. The van der Waals surface area contributed by atoms with Gasteiger partial charge < -0.3 is 5.32 Å². The number of hydrogen-bond donors (Lipinski definition) is 1. The van der Waals surface area contributed by atoms with E-state index in [1.165, 1.54) is 5.56 Å². The quantitative estimate of drug-likeness (QED) is 0.874. The maximum absolute atomic E-state index is 4.55. The van der Waals surface area contributed by atoms with E-state index in [0.717, 1.165) is 18.1 Å². The van der Waals surface area contributed by atoms with Crippen LogP contribution in [0.3, 0.4) is 0 Å². The number of aromatic nitrogens is 3. The zero-order valence-corrected chi connectivity index (χ0v) is 10.5. The van der Waals surface area contributed by atoms with Crippen LogP contribution >= 0.6 is 0 Å². The Morgan fingerprint density at radius 1 is 1.35 bits per heavy atom. The van der Waals surface area contributed by atoms with E-state index >= 15 is 0 Å². The van der Waals surface area contributed by atoms with Gasteiger partial charge in [0.25, 0.3) is 0 Å². The van der Waals surface area contributed by atoms with Crippen LogP contribution in [0.4, 0.5) is 0 Å². The molecule has 2 rings (SSSR count). The zero-order chi connectivity index (χ0) is 12.3. The van der Waals surface area contributed by atoms with Gasteiger partial charge in [-0.2, -0.15) is 5.10 Å². The van der Waals surface area contributed by atoms with Gasteiger partial charge in [0.1, 0.15) is 0 Å². The molecular weight excluding hydrogens is 212 g/mol. The molecule has 4 nitrogen and oxygen atoms in total. The number of nitrogens with one attached hydrogen (secondary N) is 1. The van der Waals surface area contributed by atoms with E-state index in [4.69, 9.17) is 0 Å². The van der Waals surface area contributed by atoms with E-state index in [-0.39, 0.29) is 0 Å². The molecule has 0 radical (unpaired) electrons. The summed E-state index contributed by atoms with van der Waals surface area (Å²) >= 11 is 0. The van der Waals surface area contributed by atoms with E-state index in [0.29, 0.717) is 6.04 Å². The Labute approximate surface area is 102 Å². The van der Waals surface area contributed by atoms with Gasteiger partial charge in [0, 0.05) is 30.7 Å².